The van der Waals surface area contributed by atoms with Crippen molar-refractivity contribution in [1.82, 2.24) is 0 Å². The molecule has 2 aromatic rings. The van der Waals surface area contributed by atoms with Crippen molar-refractivity contribution in [3.63, 3.8) is 0 Å². The summed E-state index contributed by atoms with van der Waals surface area (Å²) < 4.78 is 5.70. The van der Waals surface area contributed by atoms with Crippen LogP contribution in [0.15, 0.2) is 53.3 Å². The van der Waals surface area contributed by atoms with Crippen LogP contribution < -0.4 is 4.74 Å². The Morgan fingerprint density at radius 3 is 2.36 bits per heavy atom. The van der Waals surface area contributed by atoms with E-state index in [0.29, 0.717) is 16.9 Å². The first-order valence-electron chi connectivity index (χ1n) is 15.0. The number of aliphatic hydroxyl groups is 3. The Morgan fingerprint density at radius 1 is 1.09 bits per heavy atom. The van der Waals surface area contributed by atoms with Crippen molar-refractivity contribution in [3.05, 3.63) is 70.0 Å². The van der Waals surface area contributed by atoms with Crippen molar-refractivity contribution < 1.29 is 39.5 Å². The van der Waals surface area contributed by atoms with Gasteiger partial charge in [0.2, 0.25) is 5.78 Å². The first-order valence-corrected chi connectivity index (χ1v) is 15.0. The summed E-state index contributed by atoms with van der Waals surface area (Å²) in [6, 6.07) is 8.93. The van der Waals surface area contributed by atoms with Crippen molar-refractivity contribution in [1.29, 1.82) is 0 Å². The number of phenols is 1. The molecule has 44 heavy (non-hydrogen) atoms. The maximum Gasteiger partial charge on any atom is 0.203 e. The van der Waals surface area contributed by atoms with Gasteiger partial charge in [-0.2, -0.15) is 0 Å². The first-order chi connectivity index (χ1) is 20.6. The summed E-state index contributed by atoms with van der Waals surface area (Å²) in [6.45, 7) is 10.1. The molecule has 0 amide bonds. The van der Waals surface area contributed by atoms with Crippen molar-refractivity contribution in [2.75, 3.05) is 7.11 Å². The van der Waals surface area contributed by atoms with E-state index < -0.39 is 62.7 Å². The molecule has 0 spiro atoms. The Labute approximate surface area is 257 Å². The number of hydrogen-bond acceptors (Lipinski definition) is 8. The van der Waals surface area contributed by atoms with Gasteiger partial charge in [0.05, 0.1) is 12.7 Å². The van der Waals surface area contributed by atoms with Gasteiger partial charge in [0.15, 0.2) is 17.2 Å². The third-order valence-corrected chi connectivity index (χ3v) is 9.95. The van der Waals surface area contributed by atoms with E-state index in [-0.39, 0.29) is 29.7 Å². The quantitative estimate of drug-likeness (QED) is 0.284. The van der Waals surface area contributed by atoms with Crippen LogP contribution in [0.25, 0.3) is 23.0 Å². The number of rotatable bonds is 6. The van der Waals surface area contributed by atoms with Crippen LogP contribution >= 0.6 is 0 Å². The Kier molecular flexibility index (Phi) is 7.44. The number of benzene rings is 2. The van der Waals surface area contributed by atoms with Gasteiger partial charge in [0, 0.05) is 27.9 Å². The Balaban J connectivity index is 1.81. The fourth-order valence-corrected chi connectivity index (χ4v) is 8.26. The summed E-state index contributed by atoms with van der Waals surface area (Å²) in [5.41, 5.74) is -3.05. The minimum absolute atomic E-state index is 0.0242. The van der Waals surface area contributed by atoms with Gasteiger partial charge in [-0.3, -0.25) is 14.4 Å². The third kappa shape index (κ3) is 4.10. The highest BCUT2D eigenvalue weighted by atomic mass is 16.5. The highest BCUT2D eigenvalue weighted by molar-refractivity contribution is 6.24. The molecule has 0 aromatic heterocycles. The molecular formula is C36H40O8. The standard InChI is InChI=1S/C36H40O8/c1-8-9-10-20-11-14-25(44-7)22(15-20)21-12-13-24(38)27-23(21)16-34(5)17-35(6)28(18(2)3)30(39)26(19(4)37)32(41)36(35,43)33(42)29(34)31(27)40/h9-15,18,28,38,40-41,43H,8,16-17H2,1-7H3/b10-9+/t28?,34-,35-,36+/m1/s1. The second-order valence-corrected chi connectivity index (χ2v) is 13.2. The fourth-order valence-electron chi connectivity index (χ4n) is 8.26. The summed E-state index contributed by atoms with van der Waals surface area (Å²) in [5, 5.41) is 46.5. The van der Waals surface area contributed by atoms with Crippen molar-refractivity contribution >= 4 is 29.2 Å². The van der Waals surface area contributed by atoms with Crippen LogP contribution in [0.3, 0.4) is 0 Å². The number of phenolic OH excluding ortho intramolecular Hbond substituents is 1. The van der Waals surface area contributed by atoms with Gasteiger partial charge in [0.25, 0.3) is 0 Å². The molecule has 1 saturated carbocycles. The van der Waals surface area contributed by atoms with Gasteiger partial charge >= 0.3 is 0 Å². The molecule has 0 heterocycles. The molecule has 8 nitrogen and oxygen atoms in total. The first kappa shape index (κ1) is 31.3. The number of fused-ring (bicyclic) bond motifs is 3. The van der Waals surface area contributed by atoms with Crippen LogP contribution in [-0.2, 0) is 20.8 Å². The highest BCUT2D eigenvalue weighted by Gasteiger charge is 2.72. The molecule has 3 aliphatic rings. The molecule has 4 atom stereocenters. The maximum absolute atomic E-state index is 14.5. The number of carbonyl (C=O) groups excluding carboxylic acids is 3. The molecule has 0 aliphatic heterocycles. The average molecular weight is 601 g/mol. The Hall–Kier alpha value is -4.17. The van der Waals surface area contributed by atoms with E-state index in [4.69, 9.17) is 4.74 Å². The van der Waals surface area contributed by atoms with Gasteiger partial charge in [-0.1, -0.05) is 58.9 Å². The predicted octanol–water partition coefficient (Wildman–Crippen LogP) is 6.29. The summed E-state index contributed by atoms with van der Waals surface area (Å²) in [7, 11) is 1.56. The van der Waals surface area contributed by atoms with Crippen LogP contribution in [0.5, 0.6) is 11.5 Å². The molecular weight excluding hydrogens is 560 g/mol. The summed E-state index contributed by atoms with van der Waals surface area (Å²) in [5.74, 6) is -4.88. The SMILES string of the molecule is CC/C=C/c1ccc(OC)c(-c2ccc(O)c3c2C[C@]2(C)C[C@]4(C)C(C(C)C)C(=O)C(C(C)=O)=C(O)[C@]4(O)C(=O)C2=C3O)c1. The minimum Gasteiger partial charge on any atom is -0.508 e. The van der Waals surface area contributed by atoms with Gasteiger partial charge in [0.1, 0.15) is 28.6 Å². The van der Waals surface area contributed by atoms with Crippen molar-refractivity contribution in [2.24, 2.45) is 22.7 Å². The van der Waals surface area contributed by atoms with Crippen molar-refractivity contribution in [2.45, 2.75) is 66.4 Å². The Bertz CT molecular complexity index is 1710. The number of ether oxygens (including phenoxy) is 1. The number of carbonyl (C=O) groups is 3. The summed E-state index contributed by atoms with van der Waals surface area (Å²) >= 11 is 0. The average Bonchev–Trinajstić information content (AvgIpc) is 2.93. The molecule has 0 bridgehead atoms. The van der Waals surface area contributed by atoms with Gasteiger partial charge in [-0.05, 0) is 67.0 Å². The number of aliphatic hydroxyl groups excluding tert-OH is 2. The third-order valence-electron chi connectivity index (χ3n) is 9.95. The zero-order chi connectivity index (χ0) is 32.5. The zero-order valence-corrected chi connectivity index (χ0v) is 26.2. The van der Waals surface area contributed by atoms with E-state index in [1.165, 1.54) is 6.07 Å². The number of allylic oxidation sites excluding steroid dienone is 2. The normalized spacial score (nSPS) is 28.3. The van der Waals surface area contributed by atoms with E-state index >= 15 is 0 Å². The lowest BCUT2D eigenvalue weighted by Crippen LogP contribution is -2.69. The van der Waals surface area contributed by atoms with E-state index in [2.05, 4.69) is 0 Å². The summed E-state index contributed by atoms with van der Waals surface area (Å²) in [6.07, 6.45) is 5.08. The summed E-state index contributed by atoms with van der Waals surface area (Å²) in [4.78, 5) is 40.8. The fraction of sp³-hybridized carbons (Fsp3) is 0.417. The monoisotopic (exact) mass is 600 g/mol. The van der Waals surface area contributed by atoms with E-state index in [0.717, 1.165) is 24.5 Å². The van der Waals surface area contributed by atoms with Gasteiger partial charge < -0.3 is 25.2 Å². The number of aromatic hydroxyl groups is 1. The lowest BCUT2D eigenvalue weighted by Gasteiger charge is -2.59. The van der Waals surface area contributed by atoms with E-state index in [9.17, 15) is 34.8 Å². The molecule has 1 fully saturated rings. The lowest BCUT2D eigenvalue weighted by atomic mass is 9.43. The van der Waals surface area contributed by atoms with Gasteiger partial charge in [-0.25, -0.2) is 0 Å². The largest absolute Gasteiger partial charge is 0.508 e. The number of Topliss-reactive ketones (excluding diaryl/α,β-unsaturated/α-hetero) is 3. The second-order valence-electron chi connectivity index (χ2n) is 13.2. The molecule has 1 unspecified atom stereocenters. The van der Waals surface area contributed by atoms with E-state index in [1.54, 1.807) is 40.9 Å². The molecule has 2 aromatic carbocycles. The molecule has 0 saturated heterocycles. The van der Waals surface area contributed by atoms with Crippen LogP contribution in [0.1, 0.15) is 71.1 Å². The molecule has 232 valence electrons. The van der Waals surface area contributed by atoms with Crippen LogP contribution in [0, 0.1) is 22.7 Å². The topological polar surface area (TPSA) is 141 Å². The number of ketones is 3. The molecule has 8 heteroatoms. The lowest BCUT2D eigenvalue weighted by molar-refractivity contribution is -0.178. The van der Waals surface area contributed by atoms with E-state index in [1.807, 2.05) is 37.3 Å². The number of methoxy groups -OCH3 is 1. The second kappa shape index (κ2) is 10.5. The van der Waals surface area contributed by atoms with Crippen LogP contribution in [-0.4, -0.2) is 50.5 Å². The smallest absolute Gasteiger partial charge is 0.203 e. The number of hydrogen-bond donors (Lipinski definition) is 4. The van der Waals surface area contributed by atoms with Crippen LogP contribution in [0.4, 0.5) is 0 Å². The molecule has 4 N–H and O–H groups in total. The minimum atomic E-state index is -2.65. The molecule has 0 radical (unpaired) electrons. The highest BCUT2D eigenvalue weighted by Crippen LogP contribution is 2.65. The van der Waals surface area contributed by atoms with Gasteiger partial charge in [-0.15, -0.1) is 0 Å². The predicted molar refractivity (Wildman–Crippen MR) is 167 cm³/mol. The Morgan fingerprint density at radius 2 is 1.77 bits per heavy atom. The molecule has 5 rings (SSSR count). The van der Waals surface area contributed by atoms with Crippen LogP contribution in [0.2, 0.25) is 0 Å². The van der Waals surface area contributed by atoms with Crippen molar-refractivity contribution in [3.8, 4) is 22.6 Å². The molecule has 3 aliphatic carbocycles. The maximum atomic E-state index is 14.5. The zero-order valence-electron chi connectivity index (χ0n) is 26.2.